The second-order valence-electron chi connectivity index (χ2n) is 2.18. The molecule has 3 nitrogen and oxygen atoms in total. The van der Waals surface area contributed by atoms with Gasteiger partial charge < -0.3 is 10.1 Å². The molecule has 0 spiro atoms. The van der Waals surface area contributed by atoms with Crippen LogP contribution in [0.3, 0.4) is 0 Å². The van der Waals surface area contributed by atoms with E-state index >= 15 is 0 Å². The van der Waals surface area contributed by atoms with Crippen LogP contribution in [0.5, 0.6) is 0 Å². The molecule has 4 heteroatoms. The molecule has 0 aromatic carbocycles. The molecular weight excluding hydrogens is 150 g/mol. The van der Waals surface area contributed by atoms with Crippen molar-refractivity contribution in [2.24, 2.45) is 0 Å². The van der Waals surface area contributed by atoms with Crippen LogP contribution in [0.15, 0.2) is 0 Å². The fourth-order valence-corrected chi connectivity index (χ4v) is 1.53. The average Bonchev–Trinajstić information content (AvgIpc) is 1.86. The van der Waals surface area contributed by atoms with E-state index in [-0.39, 0.29) is 6.04 Å². The van der Waals surface area contributed by atoms with Crippen LogP contribution in [-0.2, 0) is 15.5 Å². The predicted octanol–water partition coefficient (Wildman–Crippen LogP) is -0.401. The fourth-order valence-electron chi connectivity index (χ4n) is 0.699. The summed E-state index contributed by atoms with van der Waals surface area (Å²) in [6.45, 7) is 0.621. The molecule has 0 bridgehead atoms. The molecule has 0 aromatic rings. The van der Waals surface area contributed by atoms with Gasteiger partial charge in [-0.1, -0.05) is 0 Å². The lowest BCUT2D eigenvalue weighted by molar-refractivity contribution is 0.176. The van der Waals surface area contributed by atoms with Gasteiger partial charge in [-0.2, -0.15) is 0 Å². The van der Waals surface area contributed by atoms with Crippen LogP contribution in [0, 0.1) is 0 Å². The number of ether oxygens (including phenoxy) is 1. The largest absolute Gasteiger partial charge is 0.383 e. The number of rotatable bonds is 5. The van der Waals surface area contributed by atoms with E-state index in [2.05, 4.69) is 5.32 Å². The van der Waals surface area contributed by atoms with E-state index in [0.717, 1.165) is 0 Å². The summed E-state index contributed by atoms with van der Waals surface area (Å²) in [5, 5.41) is 3.02. The molecule has 0 amide bonds. The van der Waals surface area contributed by atoms with Gasteiger partial charge >= 0.3 is 0 Å². The lowest BCUT2D eigenvalue weighted by Gasteiger charge is -2.12. The van der Waals surface area contributed by atoms with Crippen LogP contribution < -0.4 is 5.32 Å². The summed E-state index contributed by atoms with van der Waals surface area (Å²) in [4.78, 5) is 0. The quantitative estimate of drug-likeness (QED) is 0.602. The number of nitrogens with one attached hydrogen (secondary N) is 1. The van der Waals surface area contributed by atoms with E-state index in [4.69, 9.17) is 4.74 Å². The van der Waals surface area contributed by atoms with Crippen LogP contribution in [0.4, 0.5) is 0 Å². The molecule has 0 aliphatic rings. The van der Waals surface area contributed by atoms with E-state index in [9.17, 15) is 4.21 Å². The Bertz CT molecular complexity index is 108. The molecule has 0 saturated heterocycles. The predicted molar refractivity (Wildman–Crippen MR) is 43.7 cm³/mol. The van der Waals surface area contributed by atoms with Crippen LogP contribution >= 0.6 is 0 Å². The van der Waals surface area contributed by atoms with Crippen molar-refractivity contribution in [1.29, 1.82) is 0 Å². The second-order valence-corrected chi connectivity index (χ2v) is 3.66. The first-order valence-electron chi connectivity index (χ1n) is 3.17. The van der Waals surface area contributed by atoms with Gasteiger partial charge in [0.15, 0.2) is 0 Å². The van der Waals surface area contributed by atoms with Gasteiger partial charge in [0.1, 0.15) is 0 Å². The van der Waals surface area contributed by atoms with Crippen LogP contribution in [0.25, 0.3) is 0 Å². The smallest absolute Gasteiger partial charge is 0.0624 e. The van der Waals surface area contributed by atoms with Crippen molar-refractivity contribution in [3.63, 3.8) is 0 Å². The molecule has 0 aromatic heterocycles. The first-order chi connectivity index (χ1) is 4.70. The monoisotopic (exact) mass is 165 g/mol. The lowest BCUT2D eigenvalue weighted by Crippen LogP contribution is -2.34. The maximum absolute atomic E-state index is 10.7. The van der Waals surface area contributed by atoms with Crippen molar-refractivity contribution in [1.82, 2.24) is 5.32 Å². The molecule has 10 heavy (non-hydrogen) atoms. The third-order valence-corrected chi connectivity index (χ3v) is 2.08. The second kappa shape index (κ2) is 5.82. The van der Waals surface area contributed by atoms with Gasteiger partial charge in [0, 0.05) is 36.0 Å². The van der Waals surface area contributed by atoms with Crippen LogP contribution in [0.2, 0.25) is 0 Å². The standard InChI is InChI=1S/C6H15NO2S/c1-7-6(4-9-2)5-10(3)8/h6-7H,4-5H2,1-3H3. The van der Waals surface area contributed by atoms with Crippen molar-refractivity contribution in [3.05, 3.63) is 0 Å². The summed E-state index contributed by atoms with van der Waals surface area (Å²) in [6, 6.07) is 0.218. The Morgan fingerprint density at radius 1 is 1.70 bits per heavy atom. The van der Waals surface area contributed by atoms with Gasteiger partial charge in [0.05, 0.1) is 6.61 Å². The Morgan fingerprint density at radius 3 is 2.60 bits per heavy atom. The third-order valence-electron chi connectivity index (χ3n) is 1.21. The first-order valence-corrected chi connectivity index (χ1v) is 4.89. The van der Waals surface area contributed by atoms with E-state index in [1.165, 1.54) is 0 Å². The topological polar surface area (TPSA) is 38.3 Å². The molecule has 0 saturated carbocycles. The summed E-state index contributed by atoms with van der Waals surface area (Å²) in [7, 11) is 2.75. The lowest BCUT2D eigenvalue weighted by atomic mass is 10.4. The minimum atomic E-state index is -0.740. The van der Waals surface area contributed by atoms with Gasteiger partial charge in [-0.3, -0.25) is 4.21 Å². The van der Waals surface area contributed by atoms with Crippen LogP contribution in [-0.4, -0.2) is 43.0 Å². The van der Waals surface area contributed by atoms with Gasteiger partial charge in [-0.05, 0) is 7.05 Å². The molecule has 1 N–H and O–H groups in total. The summed E-state index contributed by atoms with van der Waals surface area (Å²) >= 11 is 0. The zero-order chi connectivity index (χ0) is 7.98. The van der Waals surface area contributed by atoms with E-state index in [0.29, 0.717) is 12.4 Å². The molecule has 2 unspecified atom stereocenters. The number of methoxy groups -OCH3 is 1. The highest BCUT2D eigenvalue weighted by Gasteiger charge is 2.05. The molecule has 2 atom stereocenters. The van der Waals surface area contributed by atoms with Crippen LogP contribution in [0.1, 0.15) is 0 Å². The number of likely N-dealkylation sites (N-methyl/N-ethyl adjacent to an activating group) is 1. The van der Waals surface area contributed by atoms with Gasteiger partial charge in [0.25, 0.3) is 0 Å². The molecular formula is C6H15NO2S. The molecule has 0 radical (unpaired) electrons. The normalized spacial score (nSPS) is 16.7. The number of hydrogen-bond donors (Lipinski definition) is 1. The Morgan fingerprint density at radius 2 is 2.30 bits per heavy atom. The first kappa shape index (κ1) is 10.1. The Kier molecular flexibility index (Phi) is 5.87. The minimum Gasteiger partial charge on any atom is -0.383 e. The Labute approximate surface area is 64.6 Å². The maximum Gasteiger partial charge on any atom is 0.0624 e. The van der Waals surface area contributed by atoms with E-state index < -0.39 is 10.8 Å². The van der Waals surface area contributed by atoms with Crippen molar-refractivity contribution >= 4 is 10.8 Å². The molecule has 0 fully saturated rings. The SMILES string of the molecule is CNC(COC)CS(C)=O. The van der Waals surface area contributed by atoms with E-state index in [1.54, 1.807) is 13.4 Å². The maximum atomic E-state index is 10.7. The Balaban J connectivity index is 3.49. The van der Waals surface area contributed by atoms with E-state index in [1.807, 2.05) is 7.05 Å². The molecule has 0 aliphatic carbocycles. The average molecular weight is 165 g/mol. The van der Waals surface area contributed by atoms with Crippen molar-refractivity contribution in [2.75, 3.05) is 32.8 Å². The minimum absolute atomic E-state index is 0.218. The summed E-state index contributed by atoms with van der Waals surface area (Å²) in [5.74, 6) is 0.657. The van der Waals surface area contributed by atoms with Crippen molar-refractivity contribution in [3.8, 4) is 0 Å². The molecule has 62 valence electrons. The van der Waals surface area contributed by atoms with Gasteiger partial charge in [-0.15, -0.1) is 0 Å². The summed E-state index contributed by atoms with van der Waals surface area (Å²) in [6.07, 6.45) is 1.69. The van der Waals surface area contributed by atoms with Gasteiger partial charge in [0.2, 0.25) is 0 Å². The zero-order valence-corrected chi connectivity index (χ0v) is 7.53. The summed E-state index contributed by atoms with van der Waals surface area (Å²) < 4.78 is 15.6. The Hall–Kier alpha value is 0.0700. The highest BCUT2D eigenvalue weighted by atomic mass is 32.2. The summed E-state index contributed by atoms with van der Waals surface area (Å²) in [5.41, 5.74) is 0. The van der Waals surface area contributed by atoms with Crippen molar-refractivity contribution < 1.29 is 8.95 Å². The zero-order valence-electron chi connectivity index (χ0n) is 6.72. The van der Waals surface area contributed by atoms with Gasteiger partial charge in [-0.25, -0.2) is 0 Å². The van der Waals surface area contributed by atoms with Crippen molar-refractivity contribution in [2.45, 2.75) is 6.04 Å². The molecule has 0 heterocycles. The third kappa shape index (κ3) is 4.90. The number of hydrogen-bond acceptors (Lipinski definition) is 3. The fraction of sp³-hybridized carbons (Fsp3) is 1.00. The highest BCUT2D eigenvalue weighted by molar-refractivity contribution is 7.84. The molecule has 0 aliphatic heterocycles. The highest BCUT2D eigenvalue weighted by Crippen LogP contribution is 1.86. The molecule has 0 rings (SSSR count).